The molecule has 40 heavy (non-hydrogen) atoms. The van der Waals surface area contributed by atoms with Gasteiger partial charge in [0.25, 0.3) is 0 Å². The highest BCUT2D eigenvalue weighted by molar-refractivity contribution is 7.15. The Hall–Kier alpha value is -0.440. The molecule has 4 rings (SSSR count). The molecule has 4 aromatic rings. The van der Waals surface area contributed by atoms with Crippen LogP contribution in [0.15, 0.2) is 0 Å². The van der Waals surface area contributed by atoms with Crippen molar-refractivity contribution < 1.29 is 0 Å². The van der Waals surface area contributed by atoms with Gasteiger partial charge >= 0.3 is 0 Å². The molecule has 0 radical (unpaired) electrons. The van der Waals surface area contributed by atoms with E-state index >= 15 is 0 Å². The first-order valence-corrected chi connectivity index (χ1v) is 17.5. The van der Waals surface area contributed by atoms with Crippen LogP contribution < -0.4 is 0 Å². The number of benzene rings is 2. The van der Waals surface area contributed by atoms with Crippen molar-refractivity contribution in [2.45, 2.75) is 90.9 Å². The van der Waals surface area contributed by atoms with Crippen LogP contribution in [0.3, 0.4) is 0 Å². The molecule has 2 aromatic heterocycles. The summed E-state index contributed by atoms with van der Waals surface area (Å²) in [5.74, 6) is 0. The van der Waals surface area contributed by atoms with Gasteiger partial charge < -0.3 is 0 Å². The average Bonchev–Trinajstić information content (AvgIpc) is 3.59. The van der Waals surface area contributed by atoms with Gasteiger partial charge in [-0.05, 0) is 12.8 Å². The smallest absolute Gasteiger partial charge is 0.143 e. The van der Waals surface area contributed by atoms with E-state index < -0.39 is 0 Å². The van der Waals surface area contributed by atoms with Crippen molar-refractivity contribution in [3.8, 4) is 21.1 Å². The topological polar surface area (TPSA) is 51.6 Å². The lowest BCUT2D eigenvalue weighted by atomic mass is 10.0. The van der Waals surface area contributed by atoms with E-state index in [4.69, 9.17) is 69.6 Å². The summed E-state index contributed by atoms with van der Waals surface area (Å²) in [7, 11) is 0. The number of aromatic nitrogens is 4. The lowest BCUT2D eigenvalue weighted by molar-refractivity contribution is 0.630. The van der Waals surface area contributed by atoms with E-state index in [1.807, 2.05) is 0 Å². The van der Waals surface area contributed by atoms with Gasteiger partial charge in [0, 0.05) is 23.6 Å². The molecule has 0 fully saturated rings. The van der Waals surface area contributed by atoms with Crippen molar-refractivity contribution >= 4 is 103 Å². The molecule has 0 atom stereocenters. The quantitative estimate of drug-likeness (QED) is 0.0971. The van der Waals surface area contributed by atoms with Gasteiger partial charge in [-0.3, -0.25) is 0 Å². The zero-order valence-electron chi connectivity index (χ0n) is 22.4. The van der Waals surface area contributed by atoms with Gasteiger partial charge in [-0.1, -0.05) is 157 Å². The highest BCUT2D eigenvalue weighted by atomic mass is 35.5. The molecule has 0 amide bonds. The summed E-state index contributed by atoms with van der Waals surface area (Å²) >= 11 is 44.1. The van der Waals surface area contributed by atoms with Gasteiger partial charge in [-0.15, -0.1) is 20.4 Å². The Morgan fingerprint density at radius 3 is 1.20 bits per heavy atom. The van der Waals surface area contributed by atoms with Gasteiger partial charge in [-0.25, -0.2) is 0 Å². The summed E-state index contributed by atoms with van der Waals surface area (Å²) in [5, 5.41) is 22.8. The highest BCUT2D eigenvalue weighted by Gasteiger charge is 2.29. The molecular weight excluding hydrogens is 669 g/mol. The molecule has 0 bridgehead atoms. The van der Waals surface area contributed by atoms with E-state index in [0.29, 0.717) is 31.9 Å². The van der Waals surface area contributed by atoms with Gasteiger partial charge in [0.2, 0.25) is 0 Å². The van der Waals surface area contributed by atoms with Crippen LogP contribution >= 0.6 is 92.3 Å². The Bertz CT molecular complexity index is 1360. The largest absolute Gasteiger partial charge is 0.150 e. The lowest BCUT2D eigenvalue weighted by Crippen LogP contribution is -1.92. The summed E-state index contributed by atoms with van der Waals surface area (Å²) in [6, 6.07) is 0. The minimum Gasteiger partial charge on any atom is -0.143 e. The van der Waals surface area contributed by atoms with E-state index in [0.717, 1.165) is 48.5 Å². The van der Waals surface area contributed by atoms with Crippen LogP contribution in [-0.2, 0) is 12.8 Å². The zero-order valence-corrected chi connectivity index (χ0v) is 28.5. The predicted octanol–water partition coefficient (Wildman–Crippen LogP) is 12.8. The number of fused-ring (bicyclic) bond motifs is 1. The van der Waals surface area contributed by atoms with Gasteiger partial charge in [0.1, 0.15) is 10.0 Å². The van der Waals surface area contributed by atoms with Crippen molar-refractivity contribution in [3.63, 3.8) is 0 Å². The number of hydrogen-bond donors (Lipinski definition) is 0. The van der Waals surface area contributed by atoms with Crippen LogP contribution in [0.5, 0.6) is 0 Å². The molecule has 2 heterocycles. The third-order valence-corrected chi connectivity index (χ3v) is 11.2. The predicted molar refractivity (Wildman–Crippen MR) is 177 cm³/mol. The maximum Gasteiger partial charge on any atom is 0.150 e. The maximum atomic E-state index is 6.94. The minimum absolute atomic E-state index is 0.220. The number of hydrogen-bond acceptors (Lipinski definition) is 6. The Morgan fingerprint density at radius 1 is 0.450 bits per heavy atom. The highest BCUT2D eigenvalue weighted by Crippen LogP contribution is 2.54. The summed E-state index contributed by atoms with van der Waals surface area (Å²) < 4.78 is 0. The molecule has 0 aliphatic heterocycles. The number of halogens is 6. The van der Waals surface area contributed by atoms with Gasteiger partial charge in [0.15, 0.2) is 10.0 Å². The molecule has 0 aliphatic rings. The normalized spacial score (nSPS) is 11.7. The third kappa shape index (κ3) is 7.19. The molecule has 12 heteroatoms. The van der Waals surface area contributed by atoms with E-state index in [9.17, 15) is 0 Å². The fourth-order valence-electron chi connectivity index (χ4n) is 4.56. The molecule has 0 saturated heterocycles. The molecule has 0 aliphatic carbocycles. The Labute approximate surface area is 273 Å². The second kappa shape index (κ2) is 15.3. The van der Waals surface area contributed by atoms with Crippen molar-refractivity contribution in [1.29, 1.82) is 0 Å². The van der Waals surface area contributed by atoms with Crippen molar-refractivity contribution in [2.24, 2.45) is 0 Å². The monoisotopic (exact) mass is 696 g/mol. The number of unbranched alkanes of at least 4 members (excludes halogenated alkanes) is 8. The van der Waals surface area contributed by atoms with Crippen molar-refractivity contribution in [3.05, 3.63) is 40.2 Å². The number of rotatable bonds is 14. The first-order chi connectivity index (χ1) is 19.3. The standard InChI is InChI=1S/C28H30Cl6N4S2/c1-3-5-7-9-11-13-15-35-37-27(39-15)19-21(29)17-18(23(31)25(19)33)22(30)20(26(34)24(17)32)28-38-36-16(40-28)14-12-10-8-6-4-2/h3-14H2,1-2H3. The number of nitrogens with zero attached hydrogens (tertiary/aromatic N) is 4. The zero-order chi connectivity index (χ0) is 28.8. The summed E-state index contributed by atoms with van der Waals surface area (Å²) in [6.45, 7) is 4.41. The van der Waals surface area contributed by atoms with Gasteiger partial charge in [0.05, 0.1) is 41.3 Å². The molecule has 0 unspecified atom stereocenters. The van der Waals surface area contributed by atoms with Crippen LogP contribution in [0.25, 0.3) is 31.9 Å². The average molecular weight is 699 g/mol. The van der Waals surface area contributed by atoms with Crippen molar-refractivity contribution in [2.75, 3.05) is 0 Å². The fourth-order valence-corrected chi connectivity index (χ4v) is 8.73. The Morgan fingerprint density at radius 2 is 0.825 bits per heavy atom. The molecule has 2 aromatic carbocycles. The summed E-state index contributed by atoms with van der Waals surface area (Å²) in [5.41, 5.74) is 0.942. The second-order valence-corrected chi connectivity index (χ2v) is 14.1. The van der Waals surface area contributed by atoms with E-state index in [1.165, 1.54) is 61.2 Å². The van der Waals surface area contributed by atoms with E-state index in [-0.39, 0.29) is 30.1 Å². The molecule has 216 valence electrons. The van der Waals surface area contributed by atoms with Crippen LogP contribution in [0.2, 0.25) is 30.1 Å². The van der Waals surface area contributed by atoms with Crippen LogP contribution in [0.1, 0.15) is 88.1 Å². The summed E-state index contributed by atoms with van der Waals surface area (Å²) in [4.78, 5) is 0. The first kappa shape index (κ1) is 32.5. The molecule has 0 spiro atoms. The molecule has 0 N–H and O–H groups in total. The maximum absolute atomic E-state index is 6.94. The molecule has 0 saturated carbocycles. The van der Waals surface area contributed by atoms with E-state index in [2.05, 4.69) is 34.2 Å². The third-order valence-electron chi connectivity index (χ3n) is 6.74. The molecule has 4 nitrogen and oxygen atoms in total. The lowest BCUT2D eigenvalue weighted by Gasteiger charge is -2.17. The second-order valence-electron chi connectivity index (χ2n) is 9.71. The fraction of sp³-hybridized carbons (Fsp3) is 0.500. The van der Waals surface area contributed by atoms with Crippen LogP contribution in [-0.4, -0.2) is 20.4 Å². The van der Waals surface area contributed by atoms with Crippen molar-refractivity contribution in [1.82, 2.24) is 20.4 Å². The van der Waals surface area contributed by atoms with Crippen LogP contribution in [0.4, 0.5) is 0 Å². The SMILES string of the molecule is CCCCCCCc1nnc(-c2c(Cl)c(Cl)c3c(Cl)c(-c4nnc(CCCCCCC)s4)c(Cl)c(Cl)c3c2Cl)s1. The Balaban J connectivity index is 1.68. The summed E-state index contributed by atoms with van der Waals surface area (Å²) in [6.07, 6.45) is 13.5. The van der Waals surface area contributed by atoms with E-state index in [1.54, 1.807) is 0 Å². The van der Waals surface area contributed by atoms with Gasteiger partial charge in [-0.2, -0.15) is 0 Å². The molecular formula is C28H30Cl6N4S2. The number of aryl methyl sites for hydroxylation is 2. The Kier molecular flexibility index (Phi) is 12.4. The minimum atomic E-state index is 0.220. The first-order valence-electron chi connectivity index (χ1n) is 13.6. The van der Waals surface area contributed by atoms with Crippen LogP contribution in [0, 0.1) is 0 Å².